The van der Waals surface area contributed by atoms with Gasteiger partial charge in [-0.2, -0.15) is 0 Å². The fourth-order valence-corrected chi connectivity index (χ4v) is 5.40. The molecule has 0 bridgehead atoms. The van der Waals surface area contributed by atoms with Gasteiger partial charge >= 0.3 is 0 Å². The smallest absolute Gasteiger partial charge is 0.261 e. The normalized spacial score (nSPS) is 11.3. The van der Waals surface area contributed by atoms with Crippen molar-refractivity contribution in [2.24, 2.45) is 0 Å². The quantitative estimate of drug-likeness (QED) is 0.318. The van der Waals surface area contributed by atoms with Gasteiger partial charge in [-0.15, -0.1) is 12.4 Å². The molecule has 0 saturated heterocycles. The number of carbonyl (C=O) groups excluding carboxylic acids is 1. The lowest BCUT2D eigenvalue weighted by Crippen LogP contribution is -2.36. The van der Waals surface area contributed by atoms with Gasteiger partial charge in [0.05, 0.1) is 15.1 Å². The number of anilines is 2. The molecule has 3 aromatic carbocycles. The van der Waals surface area contributed by atoms with E-state index in [-0.39, 0.29) is 23.2 Å². The molecule has 35 heavy (non-hydrogen) atoms. The molecule has 1 amide bonds. The fourth-order valence-electron chi connectivity index (χ4n) is 3.22. The Labute approximate surface area is 219 Å². The van der Waals surface area contributed by atoms with E-state index in [4.69, 9.17) is 11.6 Å². The number of hydrogen-bond acceptors (Lipinski definition) is 6. The molecule has 0 aliphatic heterocycles. The maximum absolute atomic E-state index is 13.4. The molecule has 1 heterocycles. The highest BCUT2D eigenvalue weighted by Crippen LogP contribution is 2.30. The third kappa shape index (κ3) is 6.50. The number of rotatable bonds is 8. The molecule has 0 atom stereocenters. The minimum absolute atomic E-state index is 0. The molecule has 1 aromatic heterocycles. The van der Waals surface area contributed by atoms with Crippen LogP contribution in [0.2, 0.25) is 5.02 Å². The van der Waals surface area contributed by atoms with Gasteiger partial charge in [-0.25, -0.2) is 13.4 Å². The van der Waals surface area contributed by atoms with E-state index < -0.39 is 10.0 Å². The molecular formula is C24H24Cl2N4O3S2. The monoisotopic (exact) mass is 550 g/mol. The summed E-state index contributed by atoms with van der Waals surface area (Å²) in [4.78, 5) is 21.8. The number of sulfonamides is 1. The van der Waals surface area contributed by atoms with Gasteiger partial charge in [0.15, 0.2) is 5.13 Å². The van der Waals surface area contributed by atoms with Gasteiger partial charge in [-0.3, -0.25) is 14.4 Å². The van der Waals surface area contributed by atoms with E-state index in [0.29, 0.717) is 34.5 Å². The zero-order valence-corrected chi connectivity index (χ0v) is 22.2. The van der Waals surface area contributed by atoms with E-state index in [1.807, 2.05) is 43.3 Å². The molecule has 11 heteroatoms. The van der Waals surface area contributed by atoms with Crippen LogP contribution >= 0.6 is 35.3 Å². The number of aromatic nitrogens is 1. The summed E-state index contributed by atoms with van der Waals surface area (Å²) in [5.41, 5.74) is 1.64. The number of likely N-dealkylation sites (N-methyl/N-ethyl adjacent to an activating group) is 1. The second-order valence-electron chi connectivity index (χ2n) is 7.86. The van der Waals surface area contributed by atoms with E-state index in [9.17, 15) is 13.2 Å². The first-order valence-electron chi connectivity index (χ1n) is 10.4. The van der Waals surface area contributed by atoms with Crippen LogP contribution in [0.3, 0.4) is 0 Å². The SMILES string of the molecule is CN(C)CCN(C(=O)c1ccc(NS(=O)(=O)c2ccc(Cl)cc2)cc1)c1nc2ccccc2s1.Cl. The average molecular weight is 552 g/mol. The first kappa shape index (κ1) is 26.9. The van der Waals surface area contributed by atoms with Crippen molar-refractivity contribution in [2.75, 3.05) is 36.8 Å². The highest BCUT2D eigenvalue weighted by Gasteiger charge is 2.22. The molecular weight excluding hydrogens is 527 g/mol. The summed E-state index contributed by atoms with van der Waals surface area (Å²) in [6, 6.07) is 20.0. The van der Waals surface area contributed by atoms with Crippen molar-refractivity contribution in [3.05, 3.63) is 83.4 Å². The highest BCUT2D eigenvalue weighted by atomic mass is 35.5. The number of halogens is 2. The van der Waals surface area contributed by atoms with Crippen molar-refractivity contribution in [3.8, 4) is 0 Å². The molecule has 0 unspecified atom stereocenters. The second kappa shape index (κ2) is 11.4. The topological polar surface area (TPSA) is 82.6 Å². The number of fused-ring (bicyclic) bond motifs is 1. The summed E-state index contributed by atoms with van der Waals surface area (Å²) in [6.45, 7) is 1.14. The Morgan fingerprint density at radius 2 is 1.63 bits per heavy atom. The van der Waals surface area contributed by atoms with Crippen LogP contribution < -0.4 is 9.62 Å². The van der Waals surface area contributed by atoms with E-state index in [1.54, 1.807) is 29.2 Å². The number of para-hydroxylation sites is 1. The maximum Gasteiger partial charge on any atom is 0.261 e. The third-order valence-electron chi connectivity index (χ3n) is 5.04. The van der Waals surface area contributed by atoms with Gasteiger partial charge < -0.3 is 4.90 Å². The predicted octanol–water partition coefficient (Wildman–Crippen LogP) is 5.38. The van der Waals surface area contributed by atoms with Gasteiger partial charge in [0.25, 0.3) is 15.9 Å². The van der Waals surface area contributed by atoms with Crippen molar-refractivity contribution in [2.45, 2.75) is 4.90 Å². The third-order valence-corrected chi connectivity index (χ3v) is 7.75. The summed E-state index contributed by atoms with van der Waals surface area (Å²) >= 11 is 7.31. The van der Waals surface area contributed by atoms with Crippen molar-refractivity contribution in [1.82, 2.24) is 9.88 Å². The molecule has 0 fully saturated rings. The maximum atomic E-state index is 13.4. The van der Waals surface area contributed by atoms with Gasteiger partial charge in [-0.1, -0.05) is 35.1 Å². The fraction of sp³-hybridized carbons (Fsp3) is 0.167. The summed E-state index contributed by atoms with van der Waals surface area (Å²) in [5, 5.41) is 1.08. The first-order valence-corrected chi connectivity index (χ1v) is 13.1. The van der Waals surface area contributed by atoms with Crippen molar-refractivity contribution in [1.29, 1.82) is 0 Å². The van der Waals surface area contributed by atoms with Crippen molar-refractivity contribution >= 4 is 72.3 Å². The lowest BCUT2D eigenvalue weighted by molar-refractivity contribution is 0.0985. The van der Waals surface area contributed by atoms with Gasteiger partial charge in [-0.05, 0) is 74.8 Å². The summed E-state index contributed by atoms with van der Waals surface area (Å²) in [7, 11) is 0.121. The molecule has 1 N–H and O–H groups in total. The van der Waals surface area contributed by atoms with Crippen LogP contribution in [0.1, 0.15) is 10.4 Å². The Balaban J connectivity index is 0.00000342. The van der Waals surface area contributed by atoms with E-state index in [0.717, 1.165) is 10.2 Å². The molecule has 0 radical (unpaired) electrons. The summed E-state index contributed by atoms with van der Waals surface area (Å²) in [5.74, 6) is -0.201. The van der Waals surface area contributed by atoms with Crippen LogP contribution in [0, 0.1) is 0 Å². The number of benzene rings is 3. The van der Waals surface area contributed by atoms with Crippen LogP contribution in [0.4, 0.5) is 10.8 Å². The Morgan fingerprint density at radius 1 is 0.971 bits per heavy atom. The van der Waals surface area contributed by atoms with Crippen LogP contribution in [0.25, 0.3) is 10.2 Å². The summed E-state index contributed by atoms with van der Waals surface area (Å²) < 4.78 is 28.8. The molecule has 4 aromatic rings. The zero-order chi connectivity index (χ0) is 24.3. The standard InChI is InChI=1S/C24H23ClN4O3S2.ClH/c1-28(2)15-16-29(24-26-21-5-3-4-6-22(21)33-24)23(30)17-7-11-19(12-8-17)27-34(31,32)20-13-9-18(25)10-14-20;/h3-14,27H,15-16H2,1-2H3;1H. The number of hydrogen-bond donors (Lipinski definition) is 1. The Bertz CT molecular complexity index is 1370. The molecule has 7 nitrogen and oxygen atoms in total. The van der Waals surface area contributed by atoms with Crippen molar-refractivity contribution < 1.29 is 13.2 Å². The molecule has 0 aliphatic carbocycles. The van der Waals surface area contributed by atoms with E-state index >= 15 is 0 Å². The largest absolute Gasteiger partial charge is 0.308 e. The predicted molar refractivity (Wildman–Crippen MR) is 146 cm³/mol. The molecule has 0 aliphatic rings. The Morgan fingerprint density at radius 3 is 2.26 bits per heavy atom. The van der Waals surface area contributed by atoms with E-state index in [1.165, 1.54) is 35.6 Å². The Kier molecular flexibility index (Phi) is 8.74. The number of nitrogens with zero attached hydrogens (tertiary/aromatic N) is 3. The van der Waals surface area contributed by atoms with E-state index in [2.05, 4.69) is 9.71 Å². The number of nitrogens with one attached hydrogen (secondary N) is 1. The average Bonchev–Trinajstić information content (AvgIpc) is 3.23. The Hall–Kier alpha value is -2.69. The molecule has 0 saturated carbocycles. The number of thiazole rings is 1. The minimum atomic E-state index is -3.77. The lowest BCUT2D eigenvalue weighted by Gasteiger charge is -2.22. The molecule has 184 valence electrons. The number of carbonyl (C=O) groups is 1. The van der Waals surface area contributed by atoms with Crippen LogP contribution in [-0.2, 0) is 10.0 Å². The molecule has 0 spiro atoms. The minimum Gasteiger partial charge on any atom is -0.308 e. The van der Waals surface area contributed by atoms with Crippen LogP contribution in [0.15, 0.2) is 77.7 Å². The van der Waals surface area contributed by atoms with Crippen LogP contribution in [0.5, 0.6) is 0 Å². The second-order valence-corrected chi connectivity index (χ2v) is 11.0. The molecule has 4 rings (SSSR count). The lowest BCUT2D eigenvalue weighted by atomic mass is 10.2. The summed E-state index contributed by atoms with van der Waals surface area (Å²) in [6.07, 6.45) is 0. The first-order chi connectivity index (χ1) is 16.2. The van der Waals surface area contributed by atoms with Gasteiger partial charge in [0.1, 0.15) is 0 Å². The zero-order valence-electron chi connectivity index (χ0n) is 19.0. The highest BCUT2D eigenvalue weighted by molar-refractivity contribution is 7.92. The van der Waals surface area contributed by atoms with Crippen molar-refractivity contribution in [3.63, 3.8) is 0 Å². The van der Waals surface area contributed by atoms with Gasteiger partial charge in [0.2, 0.25) is 0 Å². The van der Waals surface area contributed by atoms with Gasteiger partial charge in [0, 0.05) is 29.4 Å². The van der Waals surface area contributed by atoms with Crippen LogP contribution in [-0.4, -0.2) is 51.4 Å². The number of amides is 1.